The topological polar surface area (TPSA) is 263 Å². The number of ketones is 1. The number of carboxylic acids is 2. The number of hydrogen-bond donors (Lipinski definition) is 7. The zero-order valence-corrected chi connectivity index (χ0v) is 30.3. The standard InChI is InChI=1S/C34H51N5O12/c1-10-12-13-19(7)22(11-2)34(50)51-16-25(41)23(14-26(42)43)37-30(46)20(8)35-32(48)29(18(5)6)39-31(47)24(15-27(44)45)38-33(49)28(17(3)4)36-21(9)40/h10,12-13,17-18,20,23-24,28-29H,1,11,14-16H2,2-9H3,(H,35,48)(H,36,40)(H,37,46)(H,38,49)(H,39,47)(H,42,43)(H,44,45)/b13-12-,22-19+/t20-,23-,24-,28-,29-/m0/s1. The summed E-state index contributed by atoms with van der Waals surface area (Å²) in [6.07, 6.45) is 3.29. The van der Waals surface area contributed by atoms with Crippen molar-refractivity contribution in [3.8, 4) is 0 Å². The van der Waals surface area contributed by atoms with Crippen molar-refractivity contribution in [2.24, 2.45) is 11.8 Å². The molecule has 0 aromatic carbocycles. The summed E-state index contributed by atoms with van der Waals surface area (Å²) in [6, 6.07) is -7.09. The maximum Gasteiger partial charge on any atom is 0.334 e. The Morgan fingerprint density at radius 2 is 1.18 bits per heavy atom. The number of esters is 1. The Hall–Kier alpha value is -5.35. The van der Waals surface area contributed by atoms with E-state index in [-0.39, 0.29) is 12.0 Å². The molecule has 0 saturated heterocycles. The molecule has 0 bridgehead atoms. The third kappa shape index (κ3) is 16.7. The molecule has 0 radical (unpaired) electrons. The van der Waals surface area contributed by atoms with Gasteiger partial charge in [0.15, 0.2) is 12.4 Å². The van der Waals surface area contributed by atoms with Crippen LogP contribution < -0.4 is 26.6 Å². The second-order valence-corrected chi connectivity index (χ2v) is 12.4. The van der Waals surface area contributed by atoms with Crippen molar-refractivity contribution >= 4 is 53.2 Å². The lowest BCUT2D eigenvalue weighted by Gasteiger charge is -2.28. The highest BCUT2D eigenvalue weighted by molar-refractivity contribution is 5.99. The summed E-state index contributed by atoms with van der Waals surface area (Å²) < 4.78 is 5.09. The second-order valence-electron chi connectivity index (χ2n) is 12.4. The number of ether oxygens (including phenoxy) is 1. The van der Waals surface area contributed by atoms with E-state index in [9.17, 15) is 53.4 Å². The Balaban J connectivity index is 5.79. The maximum absolute atomic E-state index is 13.2. The Kier molecular flexibility index (Phi) is 20.0. The molecular formula is C34H51N5O12. The molecule has 51 heavy (non-hydrogen) atoms. The van der Waals surface area contributed by atoms with Crippen LogP contribution in [-0.2, 0) is 47.9 Å². The lowest BCUT2D eigenvalue weighted by Crippen LogP contribution is -2.60. The van der Waals surface area contributed by atoms with E-state index in [1.165, 1.54) is 19.9 Å². The number of hydrogen-bond acceptors (Lipinski definition) is 10. The van der Waals surface area contributed by atoms with Gasteiger partial charge in [0.1, 0.15) is 30.2 Å². The monoisotopic (exact) mass is 721 g/mol. The quantitative estimate of drug-likeness (QED) is 0.0452. The number of rotatable bonds is 22. The third-order valence-corrected chi connectivity index (χ3v) is 7.31. The lowest BCUT2D eigenvalue weighted by atomic mass is 10.0. The second kappa shape index (κ2) is 22.4. The van der Waals surface area contributed by atoms with Crippen LogP contribution in [0.3, 0.4) is 0 Å². The first-order chi connectivity index (χ1) is 23.7. The van der Waals surface area contributed by atoms with Gasteiger partial charge in [0.25, 0.3) is 0 Å². The van der Waals surface area contributed by atoms with Gasteiger partial charge in [-0.05, 0) is 37.7 Å². The van der Waals surface area contributed by atoms with Crippen LogP contribution in [0.15, 0.2) is 36.0 Å². The summed E-state index contributed by atoms with van der Waals surface area (Å²) in [6.45, 7) is 14.8. The fraction of sp³-hybridized carbons (Fsp3) is 0.559. The number of amides is 5. The van der Waals surface area contributed by atoms with Crippen LogP contribution in [0.5, 0.6) is 0 Å². The summed E-state index contributed by atoms with van der Waals surface area (Å²) >= 11 is 0. The third-order valence-electron chi connectivity index (χ3n) is 7.31. The predicted molar refractivity (Wildman–Crippen MR) is 183 cm³/mol. The molecule has 284 valence electrons. The van der Waals surface area contributed by atoms with E-state index in [0.29, 0.717) is 5.57 Å². The average molecular weight is 722 g/mol. The molecular weight excluding hydrogens is 670 g/mol. The highest BCUT2D eigenvalue weighted by Crippen LogP contribution is 2.13. The molecule has 0 aliphatic rings. The highest BCUT2D eigenvalue weighted by Gasteiger charge is 2.34. The molecule has 0 heterocycles. The first kappa shape index (κ1) is 45.6. The van der Waals surface area contributed by atoms with Crippen LogP contribution in [0.2, 0.25) is 0 Å². The molecule has 0 unspecified atom stereocenters. The largest absolute Gasteiger partial charge is 0.481 e. The van der Waals surface area contributed by atoms with Crippen LogP contribution in [0.1, 0.15) is 74.7 Å². The molecule has 5 amide bonds. The molecule has 0 saturated carbocycles. The molecule has 17 heteroatoms. The van der Waals surface area contributed by atoms with Crippen molar-refractivity contribution in [2.45, 2.75) is 105 Å². The zero-order chi connectivity index (χ0) is 39.6. The zero-order valence-electron chi connectivity index (χ0n) is 30.3. The van der Waals surface area contributed by atoms with Gasteiger partial charge in [0.2, 0.25) is 29.5 Å². The van der Waals surface area contributed by atoms with E-state index < -0.39 is 115 Å². The number of carbonyl (C=O) groups excluding carboxylic acids is 7. The summed E-state index contributed by atoms with van der Waals surface area (Å²) in [5.74, 6) is -9.91. The van der Waals surface area contributed by atoms with Crippen molar-refractivity contribution in [1.29, 1.82) is 0 Å². The SMILES string of the molecule is C=C/C=C\C(C)=C(/CC)C(=O)OCC(=O)[C@H](CC(=O)O)NC(=O)[C@H](C)NC(=O)[C@@H](NC(=O)[C@H](CC(=O)O)NC(=O)[C@@H](NC(C)=O)C(C)C)C(C)C. The number of aliphatic carboxylic acids is 2. The van der Waals surface area contributed by atoms with Crippen molar-refractivity contribution in [1.82, 2.24) is 26.6 Å². The summed E-state index contributed by atoms with van der Waals surface area (Å²) in [4.78, 5) is 112. The first-order valence-corrected chi connectivity index (χ1v) is 16.3. The van der Waals surface area contributed by atoms with Crippen LogP contribution in [-0.4, -0.2) is 100 Å². The minimum absolute atomic E-state index is 0.268. The van der Waals surface area contributed by atoms with E-state index >= 15 is 0 Å². The number of carboxylic acid groups (broad SMARTS) is 2. The van der Waals surface area contributed by atoms with Gasteiger partial charge in [-0.25, -0.2) is 4.79 Å². The maximum atomic E-state index is 13.2. The van der Waals surface area contributed by atoms with Crippen molar-refractivity contribution in [3.05, 3.63) is 36.0 Å². The minimum atomic E-state index is -1.65. The Labute approximate surface area is 297 Å². The predicted octanol–water partition coefficient (Wildman–Crippen LogP) is 0.293. The molecule has 0 aliphatic carbocycles. The molecule has 5 atom stereocenters. The van der Waals surface area contributed by atoms with Gasteiger partial charge in [0.05, 0.1) is 12.8 Å². The van der Waals surface area contributed by atoms with Gasteiger partial charge in [-0.15, -0.1) is 0 Å². The fourth-order valence-electron chi connectivity index (χ4n) is 4.50. The number of nitrogens with one attached hydrogen (secondary N) is 5. The highest BCUT2D eigenvalue weighted by atomic mass is 16.5. The molecule has 0 aromatic rings. The number of carbonyl (C=O) groups is 9. The Morgan fingerprint density at radius 1 is 0.686 bits per heavy atom. The van der Waals surface area contributed by atoms with E-state index in [0.717, 1.165) is 0 Å². The molecule has 0 rings (SSSR count). The van der Waals surface area contributed by atoms with Crippen molar-refractivity contribution < 1.29 is 58.1 Å². The number of allylic oxidation sites excluding steroid dienone is 4. The van der Waals surface area contributed by atoms with E-state index in [1.54, 1.807) is 53.7 Å². The summed E-state index contributed by atoms with van der Waals surface area (Å²) in [5.41, 5.74) is 0.832. The van der Waals surface area contributed by atoms with Crippen LogP contribution in [0, 0.1) is 11.8 Å². The van der Waals surface area contributed by atoms with E-state index in [4.69, 9.17) is 4.74 Å². The summed E-state index contributed by atoms with van der Waals surface area (Å²) in [5, 5.41) is 30.4. The lowest BCUT2D eigenvalue weighted by molar-refractivity contribution is -0.146. The van der Waals surface area contributed by atoms with Gasteiger partial charge in [-0.1, -0.05) is 59.4 Å². The van der Waals surface area contributed by atoms with Gasteiger partial charge in [-0.2, -0.15) is 0 Å². The molecule has 17 nitrogen and oxygen atoms in total. The van der Waals surface area contributed by atoms with Gasteiger partial charge in [0, 0.05) is 12.5 Å². The van der Waals surface area contributed by atoms with E-state index in [1.807, 2.05) is 0 Å². The van der Waals surface area contributed by atoms with Crippen molar-refractivity contribution in [2.75, 3.05) is 6.61 Å². The molecule has 7 N–H and O–H groups in total. The molecule has 0 spiro atoms. The van der Waals surface area contributed by atoms with Crippen LogP contribution in [0.4, 0.5) is 0 Å². The van der Waals surface area contributed by atoms with Crippen LogP contribution >= 0.6 is 0 Å². The van der Waals surface area contributed by atoms with Crippen molar-refractivity contribution in [3.63, 3.8) is 0 Å². The minimum Gasteiger partial charge on any atom is -0.481 e. The first-order valence-electron chi connectivity index (χ1n) is 16.3. The van der Waals surface area contributed by atoms with Crippen LogP contribution in [0.25, 0.3) is 0 Å². The molecule has 0 fully saturated rings. The molecule has 0 aromatic heterocycles. The average Bonchev–Trinajstić information content (AvgIpc) is 3.02. The normalized spacial score (nSPS) is 14.5. The Morgan fingerprint density at radius 3 is 1.65 bits per heavy atom. The fourth-order valence-corrected chi connectivity index (χ4v) is 4.50. The van der Waals surface area contributed by atoms with Gasteiger partial charge < -0.3 is 41.5 Å². The smallest absolute Gasteiger partial charge is 0.334 e. The Bertz CT molecular complexity index is 1400. The van der Waals surface area contributed by atoms with E-state index in [2.05, 4.69) is 33.2 Å². The van der Waals surface area contributed by atoms with Gasteiger partial charge in [-0.3, -0.25) is 38.4 Å². The molecule has 0 aliphatic heterocycles. The summed E-state index contributed by atoms with van der Waals surface area (Å²) in [7, 11) is 0. The van der Waals surface area contributed by atoms with Gasteiger partial charge >= 0.3 is 17.9 Å². The number of Topliss-reactive ketones (excluding diaryl/α,β-unsaturated/α-hetero) is 1.